The van der Waals surface area contributed by atoms with Crippen molar-refractivity contribution in [3.63, 3.8) is 0 Å². The van der Waals surface area contributed by atoms with E-state index in [2.05, 4.69) is 26.8 Å². The minimum Gasteiger partial charge on any atom is -0.273 e. The van der Waals surface area contributed by atoms with Crippen LogP contribution in [-0.4, -0.2) is 11.8 Å². The van der Waals surface area contributed by atoms with Gasteiger partial charge in [-0.2, -0.15) is 0 Å². The first-order chi connectivity index (χ1) is 9.56. The van der Waals surface area contributed by atoms with Crippen LogP contribution in [0.4, 0.5) is 4.39 Å². The maximum atomic E-state index is 12.9. The second-order valence-corrected chi connectivity index (χ2v) is 5.45. The van der Waals surface area contributed by atoms with Crippen molar-refractivity contribution in [3.8, 4) is 0 Å². The van der Waals surface area contributed by atoms with Crippen LogP contribution in [0.15, 0.2) is 34.8 Å². The van der Waals surface area contributed by atoms with E-state index in [4.69, 9.17) is 0 Å². The Morgan fingerprint density at radius 1 is 1.35 bits per heavy atom. The van der Waals surface area contributed by atoms with Gasteiger partial charge in [-0.3, -0.25) is 20.4 Å². The zero-order valence-corrected chi connectivity index (χ0v) is 12.2. The monoisotopic (exact) mass is 340 g/mol. The van der Waals surface area contributed by atoms with Gasteiger partial charge in [0.2, 0.25) is 5.91 Å². The molecule has 2 amide bonds. The van der Waals surface area contributed by atoms with Crippen molar-refractivity contribution >= 4 is 27.7 Å². The molecule has 1 unspecified atom stereocenters. The molecule has 1 aromatic rings. The standard InChI is InChI=1S/C14H14BrFN2O2/c15-12-8-10(16)5-6-11(12)14(20)18-17-13(19)7-9-3-1-2-4-9/h1,3,5-6,8-9H,2,4,7H2,(H,17,19)(H,18,20). The maximum Gasteiger partial charge on any atom is 0.270 e. The molecule has 0 bridgehead atoms. The predicted octanol–water partition coefficient (Wildman–Crippen LogP) is 2.71. The smallest absolute Gasteiger partial charge is 0.270 e. The molecule has 2 N–H and O–H groups in total. The Hall–Kier alpha value is -1.69. The Bertz CT molecular complexity index is 560. The van der Waals surface area contributed by atoms with Crippen LogP contribution in [-0.2, 0) is 4.79 Å². The van der Waals surface area contributed by atoms with E-state index in [1.165, 1.54) is 18.2 Å². The Kier molecular flexibility index (Phi) is 4.89. The molecule has 0 spiro atoms. The van der Waals surface area contributed by atoms with Crippen molar-refractivity contribution in [2.24, 2.45) is 5.92 Å². The molecule has 0 saturated carbocycles. The lowest BCUT2D eigenvalue weighted by atomic mass is 10.1. The summed E-state index contributed by atoms with van der Waals surface area (Å²) < 4.78 is 13.3. The Morgan fingerprint density at radius 2 is 2.15 bits per heavy atom. The fourth-order valence-corrected chi connectivity index (χ4v) is 2.55. The molecule has 106 valence electrons. The number of carbonyl (C=O) groups excluding carboxylic acids is 2. The highest BCUT2D eigenvalue weighted by Gasteiger charge is 2.15. The summed E-state index contributed by atoms with van der Waals surface area (Å²) in [6, 6.07) is 3.73. The van der Waals surface area contributed by atoms with Gasteiger partial charge in [-0.1, -0.05) is 12.2 Å². The number of amides is 2. The van der Waals surface area contributed by atoms with Gasteiger partial charge in [-0.25, -0.2) is 4.39 Å². The molecule has 2 rings (SSSR count). The molecule has 1 aromatic carbocycles. The average molecular weight is 341 g/mol. The van der Waals surface area contributed by atoms with E-state index < -0.39 is 11.7 Å². The number of halogens is 2. The normalized spacial score (nSPS) is 17.0. The first-order valence-corrected chi connectivity index (χ1v) is 7.06. The fourth-order valence-electron chi connectivity index (χ4n) is 2.02. The number of hydrogen-bond acceptors (Lipinski definition) is 2. The molecule has 0 saturated heterocycles. The summed E-state index contributed by atoms with van der Waals surface area (Å²) in [5, 5.41) is 0. The highest BCUT2D eigenvalue weighted by atomic mass is 79.9. The third-order valence-electron chi connectivity index (χ3n) is 3.05. The number of carbonyl (C=O) groups is 2. The molecule has 4 nitrogen and oxygen atoms in total. The molecular weight excluding hydrogens is 327 g/mol. The molecule has 0 radical (unpaired) electrons. The third kappa shape index (κ3) is 3.90. The number of nitrogens with one attached hydrogen (secondary N) is 2. The summed E-state index contributed by atoms with van der Waals surface area (Å²) in [4.78, 5) is 23.5. The Labute approximate surface area is 124 Å². The highest BCUT2D eigenvalue weighted by molar-refractivity contribution is 9.10. The van der Waals surface area contributed by atoms with Crippen molar-refractivity contribution in [2.75, 3.05) is 0 Å². The number of hydrogen-bond donors (Lipinski definition) is 2. The lowest BCUT2D eigenvalue weighted by Crippen LogP contribution is -2.42. The number of benzene rings is 1. The van der Waals surface area contributed by atoms with Crippen molar-refractivity contribution < 1.29 is 14.0 Å². The minimum absolute atomic E-state index is 0.240. The van der Waals surface area contributed by atoms with E-state index in [0.717, 1.165) is 12.8 Å². The second-order valence-electron chi connectivity index (χ2n) is 4.60. The van der Waals surface area contributed by atoms with Gasteiger partial charge in [0.1, 0.15) is 5.82 Å². The minimum atomic E-state index is -0.493. The van der Waals surface area contributed by atoms with Gasteiger partial charge in [0, 0.05) is 10.9 Å². The lowest BCUT2D eigenvalue weighted by Gasteiger charge is -2.10. The van der Waals surface area contributed by atoms with Gasteiger partial charge in [-0.15, -0.1) is 0 Å². The van der Waals surface area contributed by atoms with E-state index in [1.54, 1.807) is 0 Å². The molecule has 1 aliphatic rings. The molecule has 0 heterocycles. The highest BCUT2D eigenvalue weighted by Crippen LogP contribution is 2.20. The quantitative estimate of drug-likeness (QED) is 0.656. The molecule has 20 heavy (non-hydrogen) atoms. The van der Waals surface area contributed by atoms with Gasteiger partial charge < -0.3 is 0 Å². The summed E-state index contributed by atoms with van der Waals surface area (Å²) in [5.74, 6) is -0.935. The van der Waals surface area contributed by atoms with E-state index in [9.17, 15) is 14.0 Å². The molecule has 6 heteroatoms. The van der Waals surface area contributed by atoms with E-state index in [-0.39, 0.29) is 17.4 Å². The summed E-state index contributed by atoms with van der Waals surface area (Å²) in [6.45, 7) is 0. The second kappa shape index (κ2) is 6.65. The first-order valence-electron chi connectivity index (χ1n) is 6.27. The van der Waals surface area contributed by atoms with Gasteiger partial charge in [-0.05, 0) is 52.9 Å². The van der Waals surface area contributed by atoms with Crippen molar-refractivity contribution in [2.45, 2.75) is 19.3 Å². The SMILES string of the molecule is O=C(CC1C=CCC1)NNC(=O)c1ccc(F)cc1Br. The summed E-state index contributed by atoms with van der Waals surface area (Å²) in [6.07, 6.45) is 6.36. The Morgan fingerprint density at radius 3 is 2.80 bits per heavy atom. The van der Waals surface area contributed by atoms with Gasteiger partial charge in [0.15, 0.2) is 0 Å². The molecule has 1 atom stereocenters. The summed E-state index contributed by atoms with van der Waals surface area (Å²) in [5.41, 5.74) is 4.94. The molecule has 0 aromatic heterocycles. The fraction of sp³-hybridized carbons (Fsp3) is 0.286. The van der Waals surface area contributed by atoms with Gasteiger partial charge >= 0.3 is 0 Å². The van der Waals surface area contributed by atoms with Crippen LogP contribution in [0.25, 0.3) is 0 Å². The Balaban J connectivity index is 1.85. The molecule has 1 aliphatic carbocycles. The van der Waals surface area contributed by atoms with E-state index >= 15 is 0 Å². The van der Waals surface area contributed by atoms with Crippen LogP contribution in [0.3, 0.4) is 0 Å². The van der Waals surface area contributed by atoms with Crippen LogP contribution in [0.1, 0.15) is 29.6 Å². The predicted molar refractivity (Wildman–Crippen MR) is 76.2 cm³/mol. The van der Waals surface area contributed by atoms with Crippen LogP contribution < -0.4 is 10.9 Å². The van der Waals surface area contributed by atoms with Crippen molar-refractivity contribution in [1.29, 1.82) is 0 Å². The van der Waals surface area contributed by atoms with Crippen LogP contribution >= 0.6 is 15.9 Å². The summed E-state index contributed by atoms with van der Waals surface area (Å²) in [7, 11) is 0. The molecule has 0 fully saturated rings. The van der Waals surface area contributed by atoms with E-state index in [1.807, 2.05) is 12.2 Å². The number of hydrazine groups is 1. The zero-order valence-electron chi connectivity index (χ0n) is 10.7. The molecular formula is C14H14BrFN2O2. The molecule has 0 aliphatic heterocycles. The number of rotatable bonds is 3. The van der Waals surface area contributed by atoms with Gasteiger partial charge in [0.25, 0.3) is 5.91 Å². The first kappa shape index (κ1) is 14.7. The third-order valence-corrected chi connectivity index (χ3v) is 3.71. The lowest BCUT2D eigenvalue weighted by molar-refractivity contribution is -0.122. The zero-order chi connectivity index (χ0) is 14.5. The maximum absolute atomic E-state index is 12.9. The van der Waals surface area contributed by atoms with Crippen LogP contribution in [0.5, 0.6) is 0 Å². The average Bonchev–Trinajstić information content (AvgIpc) is 2.89. The van der Waals surface area contributed by atoms with Crippen molar-refractivity contribution in [1.82, 2.24) is 10.9 Å². The topological polar surface area (TPSA) is 58.2 Å². The van der Waals surface area contributed by atoms with Crippen molar-refractivity contribution in [3.05, 3.63) is 46.2 Å². The van der Waals surface area contributed by atoms with Crippen LogP contribution in [0, 0.1) is 11.7 Å². The van der Waals surface area contributed by atoms with Gasteiger partial charge in [0.05, 0.1) is 5.56 Å². The largest absolute Gasteiger partial charge is 0.273 e. The van der Waals surface area contributed by atoms with E-state index in [0.29, 0.717) is 10.9 Å². The van der Waals surface area contributed by atoms with Crippen LogP contribution in [0.2, 0.25) is 0 Å². The summed E-state index contributed by atoms with van der Waals surface area (Å²) >= 11 is 3.10. The number of allylic oxidation sites excluding steroid dienone is 2.